The lowest BCUT2D eigenvalue weighted by Gasteiger charge is -2.06. The third-order valence-electron chi connectivity index (χ3n) is 3.74. The van der Waals surface area contributed by atoms with Gasteiger partial charge in [0.2, 0.25) is 5.88 Å². The molecule has 0 saturated carbocycles. The van der Waals surface area contributed by atoms with Crippen molar-refractivity contribution >= 4 is 5.91 Å². The summed E-state index contributed by atoms with van der Waals surface area (Å²) in [7, 11) is 0. The van der Waals surface area contributed by atoms with Crippen LogP contribution < -0.4 is 10.1 Å². The number of ether oxygens (including phenoxy) is 1. The largest absolute Gasteiger partial charge is 0.439 e. The highest BCUT2D eigenvalue weighted by molar-refractivity contribution is 5.92. The Balaban J connectivity index is 1.55. The number of carbonyl (C=O) groups is 1. The van der Waals surface area contributed by atoms with Crippen molar-refractivity contribution in [1.82, 2.24) is 20.5 Å². The number of aromatic amines is 1. The van der Waals surface area contributed by atoms with Crippen LogP contribution in [0.1, 0.15) is 41.5 Å². The Morgan fingerprint density at radius 3 is 2.62 bits per heavy atom. The minimum atomic E-state index is -0.325. The van der Waals surface area contributed by atoms with Gasteiger partial charge in [-0.3, -0.25) is 9.89 Å². The third-order valence-corrected chi connectivity index (χ3v) is 3.74. The van der Waals surface area contributed by atoms with Crippen LogP contribution >= 0.6 is 0 Å². The van der Waals surface area contributed by atoms with Gasteiger partial charge in [-0.1, -0.05) is 19.9 Å². The molecule has 26 heavy (non-hydrogen) atoms. The average Bonchev–Trinajstić information content (AvgIpc) is 3.13. The van der Waals surface area contributed by atoms with E-state index in [1.807, 2.05) is 13.8 Å². The summed E-state index contributed by atoms with van der Waals surface area (Å²) in [4.78, 5) is 16.3. The van der Waals surface area contributed by atoms with Gasteiger partial charge in [0.15, 0.2) is 0 Å². The van der Waals surface area contributed by atoms with Crippen molar-refractivity contribution in [2.75, 3.05) is 0 Å². The normalized spacial score (nSPS) is 10.8. The number of aromatic nitrogens is 3. The van der Waals surface area contributed by atoms with Crippen LogP contribution in [0.3, 0.4) is 0 Å². The summed E-state index contributed by atoms with van der Waals surface area (Å²) in [6, 6.07) is 10.9. The number of rotatable bonds is 6. The van der Waals surface area contributed by atoms with E-state index < -0.39 is 0 Å². The van der Waals surface area contributed by atoms with Gasteiger partial charge in [-0.2, -0.15) is 5.10 Å². The average molecular weight is 354 g/mol. The predicted molar refractivity (Wildman–Crippen MR) is 94.6 cm³/mol. The Kier molecular flexibility index (Phi) is 5.26. The topological polar surface area (TPSA) is 79.9 Å². The first-order valence-electron chi connectivity index (χ1n) is 8.23. The molecule has 0 fully saturated rings. The van der Waals surface area contributed by atoms with Crippen LogP contribution in [0.4, 0.5) is 4.39 Å². The summed E-state index contributed by atoms with van der Waals surface area (Å²) < 4.78 is 18.4. The van der Waals surface area contributed by atoms with Crippen LogP contribution in [-0.4, -0.2) is 21.1 Å². The molecule has 2 aromatic heterocycles. The van der Waals surface area contributed by atoms with E-state index in [2.05, 4.69) is 20.5 Å². The first-order valence-corrected chi connectivity index (χ1v) is 8.23. The molecule has 1 aromatic carbocycles. The number of amides is 1. The Hall–Kier alpha value is -3.22. The Morgan fingerprint density at radius 2 is 2.00 bits per heavy atom. The molecule has 1 amide bonds. The van der Waals surface area contributed by atoms with E-state index in [1.165, 1.54) is 24.3 Å². The molecule has 2 heterocycles. The molecular weight excluding hydrogens is 335 g/mol. The molecule has 3 aromatic rings. The highest BCUT2D eigenvalue weighted by Gasteiger charge is 2.12. The number of H-pyrrole nitrogens is 1. The molecule has 0 atom stereocenters. The van der Waals surface area contributed by atoms with E-state index >= 15 is 0 Å². The summed E-state index contributed by atoms with van der Waals surface area (Å²) in [5, 5.41) is 9.67. The number of hydrogen-bond acceptors (Lipinski definition) is 4. The molecule has 3 rings (SSSR count). The number of halogens is 1. The van der Waals surface area contributed by atoms with Gasteiger partial charge in [0.25, 0.3) is 5.91 Å². The van der Waals surface area contributed by atoms with Crippen molar-refractivity contribution in [3.05, 3.63) is 71.4 Å². The fourth-order valence-corrected chi connectivity index (χ4v) is 2.22. The molecule has 2 N–H and O–H groups in total. The second-order valence-electron chi connectivity index (χ2n) is 6.11. The smallest absolute Gasteiger partial charge is 0.272 e. The molecule has 0 aliphatic heterocycles. The van der Waals surface area contributed by atoms with Crippen LogP contribution in [0, 0.1) is 5.82 Å². The summed E-state index contributed by atoms with van der Waals surface area (Å²) in [5.74, 6) is 0.593. The lowest BCUT2D eigenvalue weighted by molar-refractivity contribution is 0.0946. The maximum Gasteiger partial charge on any atom is 0.272 e. The minimum Gasteiger partial charge on any atom is -0.439 e. The van der Waals surface area contributed by atoms with E-state index in [1.54, 1.807) is 24.4 Å². The molecule has 7 heteroatoms. The SMILES string of the molecule is CC(C)c1cc(C(=O)NCc2ccc(Oc3ccc(F)cc3)nc2)n[nH]1. The van der Waals surface area contributed by atoms with E-state index in [9.17, 15) is 9.18 Å². The van der Waals surface area contributed by atoms with Crippen LogP contribution in [0.15, 0.2) is 48.7 Å². The van der Waals surface area contributed by atoms with Crippen molar-refractivity contribution in [1.29, 1.82) is 0 Å². The first-order chi connectivity index (χ1) is 12.5. The van der Waals surface area contributed by atoms with Gasteiger partial charge in [0.1, 0.15) is 17.3 Å². The van der Waals surface area contributed by atoms with Gasteiger partial charge in [-0.25, -0.2) is 9.37 Å². The van der Waals surface area contributed by atoms with Crippen LogP contribution in [-0.2, 0) is 6.54 Å². The molecule has 0 bridgehead atoms. The van der Waals surface area contributed by atoms with Crippen molar-refractivity contribution < 1.29 is 13.9 Å². The Morgan fingerprint density at radius 1 is 1.23 bits per heavy atom. The van der Waals surface area contributed by atoms with E-state index in [0.29, 0.717) is 23.9 Å². The highest BCUT2D eigenvalue weighted by Crippen LogP contribution is 2.19. The van der Waals surface area contributed by atoms with Crippen LogP contribution in [0.2, 0.25) is 0 Å². The Labute approximate surface area is 150 Å². The maximum absolute atomic E-state index is 12.9. The zero-order valence-corrected chi connectivity index (χ0v) is 14.5. The molecule has 0 saturated heterocycles. The highest BCUT2D eigenvalue weighted by atomic mass is 19.1. The third kappa shape index (κ3) is 4.44. The van der Waals surface area contributed by atoms with Crippen molar-refractivity contribution in [3.8, 4) is 11.6 Å². The maximum atomic E-state index is 12.9. The second-order valence-corrected chi connectivity index (χ2v) is 6.11. The molecule has 0 unspecified atom stereocenters. The number of benzene rings is 1. The van der Waals surface area contributed by atoms with Crippen molar-refractivity contribution in [2.45, 2.75) is 26.3 Å². The molecular formula is C19H19FN4O2. The van der Waals surface area contributed by atoms with E-state index in [0.717, 1.165) is 11.3 Å². The summed E-state index contributed by atoms with van der Waals surface area (Å²) in [6.45, 7) is 4.37. The van der Waals surface area contributed by atoms with Crippen molar-refractivity contribution in [2.24, 2.45) is 0 Å². The minimum absolute atomic E-state index is 0.250. The van der Waals surface area contributed by atoms with Gasteiger partial charge in [0, 0.05) is 24.5 Å². The van der Waals surface area contributed by atoms with E-state index in [-0.39, 0.29) is 17.6 Å². The molecule has 0 spiro atoms. The van der Waals surface area contributed by atoms with Crippen LogP contribution in [0.5, 0.6) is 11.6 Å². The number of hydrogen-bond donors (Lipinski definition) is 2. The van der Waals surface area contributed by atoms with Gasteiger partial charge in [0.05, 0.1) is 0 Å². The summed E-state index contributed by atoms with van der Waals surface area (Å²) >= 11 is 0. The first kappa shape index (κ1) is 17.6. The van der Waals surface area contributed by atoms with Gasteiger partial charge in [-0.05, 0) is 41.8 Å². The fourth-order valence-electron chi connectivity index (χ4n) is 2.22. The summed E-state index contributed by atoms with van der Waals surface area (Å²) in [6.07, 6.45) is 1.61. The van der Waals surface area contributed by atoms with Gasteiger partial charge in [-0.15, -0.1) is 0 Å². The Bertz CT molecular complexity index is 873. The number of nitrogens with one attached hydrogen (secondary N) is 2. The molecule has 0 radical (unpaired) electrons. The van der Waals surface area contributed by atoms with E-state index in [4.69, 9.17) is 4.74 Å². The lowest BCUT2D eigenvalue weighted by atomic mass is 10.1. The number of nitrogens with zero attached hydrogens (tertiary/aromatic N) is 2. The lowest BCUT2D eigenvalue weighted by Crippen LogP contribution is -2.23. The molecule has 0 aliphatic rings. The molecule has 0 aliphatic carbocycles. The second kappa shape index (κ2) is 7.77. The zero-order chi connectivity index (χ0) is 18.5. The quantitative estimate of drug-likeness (QED) is 0.706. The zero-order valence-electron chi connectivity index (χ0n) is 14.5. The molecule has 134 valence electrons. The van der Waals surface area contributed by atoms with Crippen LogP contribution in [0.25, 0.3) is 0 Å². The number of carbonyl (C=O) groups excluding carboxylic acids is 1. The predicted octanol–water partition coefficient (Wildman–Crippen LogP) is 3.79. The van der Waals surface area contributed by atoms with Gasteiger partial charge < -0.3 is 10.1 Å². The fraction of sp³-hybridized carbons (Fsp3) is 0.211. The summed E-state index contributed by atoms with van der Waals surface area (Å²) in [5.41, 5.74) is 2.10. The molecule has 6 nitrogen and oxygen atoms in total. The van der Waals surface area contributed by atoms with Crippen molar-refractivity contribution in [3.63, 3.8) is 0 Å². The number of pyridine rings is 1. The monoisotopic (exact) mass is 354 g/mol. The van der Waals surface area contributed by atoms with Gasteiger partial charge >= 0.3 is 0 Å². The standard InChI is InChI=1S/C19H19FN4O2/c1-12(2)16-9-17(24-23-16)19(25)22-11-13-3-8-18(21-10-13)26-15-6-4-14(20)5-7-15/h3-10,12H,11H2,1-2H3,(H,22,25)(H,23,24).